The highest BCUT2D eigenvalue weighted by molar-refractivity contribution is 6.22. The fraction of sp³-hybridized carbons (Fsp3) is 0. The van der Waals surface area contributed by atoms with Crippen molar-refractivity contribution in [3.05, 3.63) is 212 Å². The van der Waals surface area contributed by atoms with E-state index in [4.69, 9.17) is 9.97 Å². The molecule has 12 rings (SSSR count). The van der Waals surface area contributed by atoms with Crippen LogP contribution in [0.3, 0.4) is 0 Å². The summed E-state index contributed by atoms with van der Waals surface area (Å²) in [7, 11) is 0. The van der Waals surface area contributed by atoms with Gasteiger partial charge in [-0.05, 0) is 106 Å². The van der Waals surface area contributed by atoms with E-state index in [9.17, 15) is 0 Å². The van der Waals surface area contributed by atoms with Crippen LogP contribution in [0.2, 0.25) is 0 Å². The average Bonchev–Trinajstić information content (AvgIpc) is 3.87. The summed E-state index contributed by atoms with van der Waals surface area (Å²) in [5.41, 5.74) is 14.0. The van der Waals surface area contributed by atoms with Gasteiger partial charge >= 0.3 is 0 Å². The Bertz CT molecular complexity index is 3530. The molecule has 9 aromatic carbocycles. The van der Waals surface area contributed by atoms with Crippen molar-refractivity contribution in [3.63, 3.8) is 0 Å². The van der Waals surface area contributed by atoms with Crippen LogP contribution in [0, 0.1) is 0 Å². The van der Waals surface area contributed by atoms with Crippen molar-refractivity contribution in [2.24, 2.45) is 0 Å². The Labute approximate surface area is 340 Å². The van der Waals surface area contributed by atoms with Gasteiger partial charge in [0.1, 0.15) is 5.65 Å². The molecule has 12 aromatic rings. The number of benzene rings is 9. The average molecular weight is 754 g/mol. The molecule has 276 valence electrons. The molecular formula is C54H35N5. The minimum atomic E-state index is 0.808. The molecule has 0 spiro atoms. The lowest BCUT2D eigenvalue weighted by molar-refractivity contribution is 0.979. The molecule has 0 aliphatic carbocycles. The van der Waals surface area contributed by atoms with E-state index in [0.29, 0.717) is 0 Å². The molecule has 0 N–H and O–H groups in total. The number of para-hydroxylation sites is 4. The molecule has 0 bridgehead atoms. The number of hydrogen-bond donors (Lipinski definition) is 0. The molecule has 3 aromatic heterocycles. The van der Waals surface area contributed by atoms with Crippen molar-refractivity contribution in [2.75, 3.05) is 4.90 Å². The third kappa shape index (κ3) is 5.33. The van der Waals surface area contributed by atoms with Crippen molar-refractivity contribution >= 4 is 77.2 Å². The number of aromatic nitrogens is 4. The molecule has 3 heterocycles. The molecule has 0 radical (unpaired) electrons. The minimum absolute atomic E-state index is 0.808. The Balaban J connectivity index is 1.06. The Morgan fingerprint density at radius 3 is 1.68 bits per heavy atom. The number of anilines is 3. The summed E-state index contributed by atoms with van der Waals surface area (Å²) in [5.74, 6) is 0.808. The minimum Gasteiger partial charge on any atom is -0.310 e. The van der Waals surface area contributed by atoms with E-state index in [2.05, 4.69) is 220 Å². The van der Waals surface area contributed by atoms with Gasteiger partial charge in [-0.3, -0.25) is 8.97 Å². The van der Waals surface area contributed by atoms with Crippen LogP contribution in [0.1, 0.15) is 0 Å². The van der Waals surface area contributed by atoms with Gasteiger partial charge in [0.05, 0.1) is 27.6 Å². The summed E-state index contributed by atoms with van der Waals surface area (Å²) in [6, 6.07) is 75.6. The summed E-state index contributed by atoms with van der Waals surface area (Å²) in [5, 5.41) is 5.76. The van der Waals surface area contributed by atoms with E-state index in [0.717, 1.165) is 67.0 Å². The predicted octanol–water partition coefficient (Wildman–Crippen LogP) is 14.1. The first kappa shape index (κ1) is 33.2. The number of nitrogens with zero attached hydrogens (tertiary/aromatic N) is 5. The molecule has 0 amide bonds. The van der Waals surface area contributed by atoms with Crippen LogP contribution in [-0.4, -0.2) is 18.9 Å². The van der Waals surface area contributed by atoms with E-state index < -0.39 is 0 Å². The normalized spacial score (nSPS) is 11.7. The SMILES string of the molecule is c1ccc(-c2ccc(-c3ccc(N(c4ccccc4)c4ccc5c(c4)c4c6ccccc6ccc4n5-c4nc5ccccc5c5nc6ccccc6n45)cc3)cc2)cc1. The molecule has 0 saturated heterocycles. The van der Waals surface area contributed by atoms with Crippen molar-refractivity contribution in [2.45, 2.75) is 0 Å². The van der Waals surface area contributed by atoms with Crippen LogP contribution in [0.15, 0.2) is 212 Å². The molecule has 0 aliphatic heterocycles. The van der Waals surface area contributed by atoms with Gasteiger partial charge in [-0.1, -0.05) is 140 Å². The van der Waals surface area contributed by atoms with Crippen molar-refractivity contribution in [1.29, 1.82) is 0 Å². The lowest BCUT2D eigenvalue weighted by Crippen LogP contribution is -2.10. The Morgan fingerprint density at radius 1 is 0.356 bits per heavy atom. The fourth-order valence-corrected chi connectivity index (χ4v) is 8.92. The van der Waals surface area contributed by atoms with E-state index in [1.54, 1.807) is 0 Å². The molecule has 0 saturated carbocycles. The van der Waals surface area contributed by atoms with Crippen LogP contribution in [0.4, 0.5) is 17.1 Å². The smallest absolute Gasteiger partial charge is 0.221 e. The third-order valence-electron chi connectivity index (χ3n) is 11.7. The second-order valence-corrected chi connectivity index (χ2v) is 15.1. The maximum absolute atomic E-state index is 5.43. The Morgan fingerprint density at radius 2 is 0.915 bits per heavy atom. The van der Waals surface area contributed by atoms with E-state index in [1.807, 2.05) is 6.07 Å². The predicted molar refractivity (Wildman–Crippen MR) is 245 cm³/mol. The zero-order valence-corrected chi connectivity index (χ0v) is 31.9. The van der Waals surface area contributed by atoms with Gasteiger partial charge in [-0.15, -0.1) is 0 Å². The number of fused-ring (bicyclic) bond motifs is 10. The maximum Gasteiger partial charge on any atom is 0.221 e. The monoisotopic (exact) mass is 753 g/mol. The van der Waals surface area contributed by atoms with Crippen molar-refractivity contribution in [3.8, 4) is 28.2 Å². The molecule has 0 unspecified atom stereocenters. The molecular weight excluding hydrogens is 719 g/mol. The Kier molecular flexibility index (Phi) is 7.47. The van der Waals surface area contributed by atoms with E-state index >= 15 is 0 Å². The Hall–Kier alpha value is -8.02. The molecule has 0 fully saturated rings. The van der Waals surface area contributed by atoms with Gasteiger partial charge in [0.25, 0.3) is 0 Å². The van der Waals surface area contributed by atoms with Gasteiger partial charge in [0.15, 0.2) is 0 Å². The largest absolute Gasteiger partial charge is 0.310 e. The molecule has 5 heteroatoms. The van der Waals surface area contributed by atoms with Gasteiger partial charge in [0.2, 0.25) is 5.95 Å². The van der Waals surface area contributed by atoms with E-state index in [-0.39, 0.29) is 0 Å². The molecule has 59 heavy (non-hydrogen) atoms. The van der Waals surface area contributed by atoms with Crippen LogP contribution in [0.5, 0.6) is 0 Å². The summed E-state index contributed by atoms with van der Waals surface area (Å²) in [6.07, 6.45) is 0. The third-order valence-corrected chi connectivity index (χ3v) is 11.7. The summed E-state index contributed by atoms with van der Waals surface area (Å²) < 4.78 is 4.56. The summed E-state index contributed by atoms with van der Waals surface area (Å²) >= 11 is 0. The second-order valence-electron chi connectivity index (χ2n) is 15.1. The van der Waals surface area contributed by atoms with Crippen LogP contribution < -0.4 is 4.90 Å². The lowest BCUT2D eigenvalue weighted by Gasteiger charge is -2.26. The fourth-order valence-electron chi connectivity index (χ4n) is 8.92. The quantitative estimate of drug-likeness (QED) is 0.170. The number of hydrogen-bond acceptors (Lipinski definition) is 3. The van der Waals surface area contributed by atoms with Crippen molar-refractivity contribution in [1.82, 2.24) is 18.9 Å². The summed E-state index contributed by atoms with van der Waals surface area (Å²) in [4.78, 5) is 13.0. The van der Waals surface area contributed by atoms with Gasteiger partial charge in [-0.2, -0.15) is 0 Å². The number of imidazole rings is 1. The van der Waals surface area contributed by atoms with Crippen LogP contribution in [0.25, 0.3) is 88.4 Å². The van der Waals surface area contributed by atoms with Gasteiger partial charge in [0, 0.05) is 33.2 Å². The van der Waals surface area contributed by atoms with Gasteiger partial charge in [-0.25, -0.2) is 9.97 Å². The van der Waals surface area contributed by atoms with Crippen LogP contribution >= 0.6 is 0 Å². The second kappa shape index (κ2) is 13.3. The van der Waals surface area contributed by atoms with Crippen molar-refractivity contribution < 1.29 is 0 Å². The zero-order chi connectivity index (χ0) is 38.9. The first-order chi connectivity index (χ1) is 29.3. The molecule has 5 nitrogen and oxygen atoms in total. The number of rotatable bonds is 6. The van der Waals surface area contributed by atoms with Crippen LogP contribution in [-0.2, 0) is 0 Å². The topological polar surface area (TPSA) is 38.4 Å². The highest BCUT2D eigenvalue weighted by atomic mass is 15.2. The zero-order valence-electron chi connectivity index (χ0n) is 31.9. The summed E-state index contributed by atoms with van der Waals surface area (Å²) in [6.45, 7) is 0. The molecule has 0 atom stereocenters. The standard InChI is InChI=1S/C54H35N5/c1-3-13-36(14-4-1)37-23-25-38(26-24-37)39-27-30-42(31-28-39)57(41-16-5-2-6-17-41)43-32-34-49-46(35-43)52-44-18-8-7-15-40(44)29-33-51(52)58(49)54-56-47-20-10-9-19-45(47)53-55-48-21-11-12-22-50(48)59(53)54/h1-35H. The first-order valence-electron chi connectivity index (χ1n) is 20.0. The maximum atomic E-state index is 5.43. The van der Waals surface area contributed by atoms with E-state index in [1.165, 1.54) is 38.4 Å². The lowest BCUT2D eigenvalue weighted by atomic mass is 10.00. The highest BCUT2D eigenvalue weighted by Crippen LogP contribution is 2.42. The van der Waals surface area contributed by atoms with Gasteiger partial charge < -0.3 is 4.90 Å². The molecule has 0 aliphatic rings. The first-order valence-corrected chi connectivity index (χ1v) is 20.0. The highest BCUT2D eigenvalue weighted by Gasteiger charge is 2.23.